The second-order valence-corrected chi connectivity index (χ2v) is 9.55. The molecule has 10 nitrogen and oxygen atoms in total. The number of aliphatic hydroxyl groups is 3. The first-order valence-electron chi connectivity index (χ1n) is 11.9. The zero-order valence-corrected chi connectivity index (χ0v) is 21.6. The number of aliphatic hydroxyl groups excluding tert-OH is 3. The third kappa shape index (κ3) is 7.66. The van der Waals surface area contributed by atoms with Crippen LogP contribution < -0.4 is 0 Å². The van der Waals surface area contributed by atoms with E-state index < -0.39 is 59.8 Å². The summed E-state index contributed by atoms with van der Waals surface area (Å²) in [5.41, 5.74) is 1.95. The molecule has 1 unspecified atom stereocenters. The molecule has 3 N–H and O–H groups in total. The summed E-state index contributed by atoms with van der Waals surface area (Å²) in [4.78, 5) is 48.4. The van der Waals surface area contributed by atoms with E-state index in [0.29, 0.717) is 5.57 Å². The Morgan fingerprint density at radius 1 is 1.19 bits per heavy atom. The molecule has 3 atom stereocenters. The number of ketones is 1. The standard InChI is InChI=1S/C27H34O10/c1-6-7-8-15(2)9-10-17-16(3)22(31)19(13-27(17,4)5)36-21(30)12-11-20(29)35-14-18(28)25-23(32)24(33)26(34)37-25/h6-10,18-19,25,28,32-33H,11-14H2,1-5H3/b7-6+,10-9+,15-8+/t18-,19?,25+/m0/s1. The van der Waals surface area contributed by atoms with Crippen LogP contribution in [0.25, 0.3) is 0 Å². The number of esters is 3. The number of rotatable bonds is 10. The van der Waals surface area contributed by atoms with Gasteiger partial charge in [0.1, 0.15) is 12.7 Å². The molecular weight excluding hydrogens is 484 g/mol. The molecule has 0 fully saturated rings. The molecule has 0 saturated carbocycles. The highest BCUT2D eigenvalue weighted by atomic mass is 16.6. The Labute approximate surface area is 215 Å². The number of carbonyl (C=O) groups excluding carboxylic acids is 4. The maximum Gasteiger partial charge on any atom is 0.377 e. The van der Waals surface area contributed by atoms with Crippen molar-refractivity contribution in [3.05, 3.63) is 58.6 Å². The summed E-state index contributed by atoms with van der Waals surface area (Å²) in [5.74, 6) is -4.99. The maximum atomic E-state index is 12.9. The van der Waals surface area contributed by atoms with Gasteiger partial charge in [-0.05, 0) is 37.3 Å². The van der Waals surface area contributed by atoms with E-state index in [9.17, 15) is 34.5 Å². The van der Waals surface area contributed by atoms with Crippen molar-refractivity contribution in [1.29, 1.82) is 0 Å². The molecule has 1 heterocycles. The van der Waals surface area contributed by atoms with Crippen molar-refractivity contribution < 1.29 is 48.7 Å². The van der Waals surface area contributed by atoms with Gasteiger partial charge in [0.25, 0.3) is 0 Å². The molecule has 0 amide bonds. The van der Waals surface area contributed by atoms with E-state index in [4.69, 9.17) is 9.47 Å². The molecule has 0 aromatic heterocycles. The maximum absolute atomic E-state index is 12.9. The molecule has 10 heteroatoms. The van der Waals surface area contributed by atoms with Gasteiger partial charge in [0.2, 0.25) is 5.76 Å². The SMILES string of the molecule is C/C=C/C=C(C)/C=C/C1=C(C)C(=O)C(OC(=O)CCC(=O)OC[C@H](O)[C@H]2OC(=O)C(O)=C2O)CC1(C)C. The molecule has 1 aliphatic heterocycles. The molecule has 37 heavy (non-hydrogen) atoms. The van der Waals surface area contributed by atoms with E-state index in [1.165, 1.54) is 0 Å². The van der Waals surface area contributed by atoms with Gasteiger partial charge < -0.3 is 29.5 Å². The molecule has 0 aromatic rings. The normalized spacial score (nSPS) is 23.1. The molecule has 0 bridgehead atoms. The lowest BCUT2D eigenvalue weighted by molar-refractivity contribution is -0.160. The van der Waals surface area contributed by atoms with Crippen LogP contribution >= 0.6 is 0 Å². The van der Waals surface area contributed by atoms with Crippen LogP contribution in [0.1, 0.15) is 53.9 Å². The monoisotopic (exact) mass is 518 g/mol. The minimum absolute atomic E-state index is 0.285. The fourth-order valence-corrected chi connectivity index (χ4v) is 4.00. The third-order valence-corrected chi connectivity index (χ3v) is 6.07. The Balaban J connectivity index is 1.89. The largest absolute Gasteiger partial charge is 0.505 e. The van der Waals surface area contributed by atoms with Crippen LogP contribution in [0, 0.1) is 5.41 Å². The zero-order valence-electron chi connectivity index (χ0n) is 21.6. The van der Waals surface area contributed by atoms with Crippen molar-refractivity contribution in [1.82, 2.24) is 0 Å². The van der Waals surface area contributed by atoms with Crippen LogP contribution in [0.4, 0.5) is 0 Å². The van der Waals surface area contributed by atoms with E-state index in [0.717, 1.165) is 11.1 Å². The lowest BCUT2D eigenvalue weighted by atomic mass is 9.71. The molecule has 0 saturated heterocycles. The first-order chi connectivity index (χ1) is 17.3. The first-order valence-corrected chi connectivity index (χ1v) is 11.9. The quantitative estimate of drug-likeness (QED) is 0.223. The summed E-state index contributed by atoms with van der Waals surface area (Å²) in [5, 5.41) is 28.7. The lowest BCUT2D eigenvalue weighted by Gasteiger charge is -2.36. The van der Waals surface area contributed by atoms with Crippen LogP contribution in [-0.2, 0) is 33.4 Å². The van der Waals surface area contributed by atoms with Crippen LogP contribution in [0.2, 0.25) is 0 Å². The van der Waals surface area contributed by atoms with Gasteiger partial charge in [0, 0.05) is 6.42 Å². The van der Waals surface area contributed by atoms with Crippen LogP contribution in [0.15, 0.2) is 58.6 Å². The molecule has 0 aromatic carbocycles. The summed E-state index contributed by atoms with van der Waals surface area (Å²) in [6.07, 6.45) is 5.03. The molecule has 0 radical (unpaired) electrons. The van der Waals surface area contributed by atoms with Crippen molar-refractivity contribution in [2.45, 2.75) is 72.2 Å². The first kappa shape index (κ1) is 29.6. The fraction of sp³-hybridized carbons (Fsp3) is 0.481. The average Bonchev–Trinajstić information content (AvgIpc) is 3.09. The molecule has 1 aliphatic carbocycles. The van der Waals surface area contributed by atoms with E-state index >= 15 is 0 Å². The van der Waals surface area contributed by atoms with E-state index in [2.05, 4.69) is 4.74 Å². The number of Topliss-reactive ketones (excluding diaryl/α,β-unsaturated/α-hetero) is 1. The van der Waals surface area contributed by atoms with Crippen molar-refractivity contribution in [2.24, 2.45) is 5.41 Å². The van der Waals surface area contributed by atoms with Crippen molar-refractivity contribution in [3.63, 3.8) is 0 Å². The van der Waals surface area contributed by atoms with Gasteiger partial charge in [0.15, 0.2) is 23.8 Å². The summed E-state index contributed by atoms with van der Waals surface area (Å²) in [6, 6.07) is 0. The Morgan fingerprint density at radius 2 is 1.84 bits per heavy atom. The topological polar surface area (TPSA) is 157 Å². The van der Waals surface area contributed by atoms with Gasteiger partial charge in [-0.15, -0.1) is 0 Å². The van der Waals surface area contributed by atoms with Gasteiger partial charge in [-0.25, -0.2) is 4.79 Å². The minimum Gasteiger partial charge on any atom is -0.505 e. The molecular formula is C27H34O10. The number of cyclic esters (lactones) is 1. The smallest absolute Gasteiger partial charge is 0.377 e. The Kier molecular flexibility index (Phi) is 10.0. The van der Waals surface area contributed by atoms with Gasteiger partial charge >= 0.3 is 17.9 Å². The number of carbonyl (C=O) groups is 4. The Bertz CT molecular complexity index is 1090. The second-order valence-electron chi connectivity index (χ2n) is 9.55. The van der Waals surface area contributed by atoms with E-state index in [1.54, 1.807) is 6.92 Å². The summed E-state index contributed by atoms with van der Waals surface area (Å²) >= 11 is 0. The van der Waals surface area contributed by atoms with Gasteiger partial charge in [-0.2, -0.15) is 0 Å². The van der Waals surface area contributed by atoms with E-state index in [-0.39, 0.29) is 25.0 Å². The number of allylic oxidation sites excluding steroid dienone is 7. The third-order valence-electron chi connectivity index (χ3n) is 6.07. The zero-order chi connectivity index (χ0) is 27.9. The van der Waals surface area contributed by atoms with Gasteiger partial charge in [-0.1, -0.05) is 49.8 Å². The highest BCUT2D eigenvalue weighted by Gasteiger charge is 2.41. The molecule has 2 aliphatic rings. The van der Waals surface area contributed by atoms with Crippen LogP contribution in [-0.4, -0.2) is 63.9 Å². The Hall–Kier alpha value is -3.66. The number of hydrogen-bond acceptors (Lipinski definition) is 10. The van der Waals surface area contributed by atoms with E-state index in [1.807, 2.05) is 58.1 Å². The molecule has 2 rings (SSSR count). The summed E-state index contributed by atoms with van der Waals surface area (Å²) in [6.45, 7) is 8.85. The van der Waals surface area contributed by atoms with Crippen LogP contribution in [0.5, 0.6) is 0 Å². The van der Waals surface area contributed by atoms with Gasteiger partial charge in [-0.3, -0.25) is 14.4 Å². The van der Waals surface area contributed by atoms with Crippen molar-refractivity contribution in [2.75, 3.05) is 6.61 Å². The second kappa shape index (κ2) is 12.5. The fourth-order valence-electron chi connectivity index (χ4n) is 4.00. The predicted octanol–water partition coefficient (Wildman–Crippen LogP) is 3.23. The predicted molar refractivity (Wildman–Crippen MR) is 132 cm³/mol. The minimum atomic E-state index is -1.62. The molecule has 202 valence electrons. The van der Waals surface area contributed by atoms with Crippen LogP contribution in [0.3, 0.4) is 0 Å². The highest BCUT2D eigenvalue weighted by molar-refractivity contribution is 6.01. The average molecular weight is 519 g/mol. The number of ether oxygens (including phenoxy) is 3. The molecule has 0 spiro atoms. The summed E-state index contributed by atoms with van der Waals surface area (Å²) in [7, 11) is 0. The van der Waals surface area contributed by atoms with Crippen molar-refractivity contribution in [3.8, 4) is 0 Å². The van der Waals surface area contributed by atoms with Crippen molar-refractivity contribution >= 4 is 23.7 Å². The highest BCUT2D eigenvalue weighted by Crippen LogP contribution is 2.40. The number of hydrogen-bond donors (Lipinski definition) is 3. The lowest BCUT2D eigenvalue weighted by Crippen LogP contribution is -2.39. The Morgan fingerprint density at radius 3 is 2.43 bits per heavy atom. The van der Waals surface area contributed by atoms with Gasteiger partial charge in [0.05, 0.1) is 12.8 Å². The summed E-state index contributed by atoms with van der Waals surface area (Å²) < 4.78 is 14.8.